The van der Waals surface area contributed by atoms with E-state index < -0.39 is 5.92 Å². The van der Waals surface area contributed by atoms with Gasteiger partial charge < -0.3 is 15.1 Å². The Morgan fingerprint density at radius 2 is 1.76 bits per heavy atom. The zero-order chi connectivity index (χ0) is 20.5. The van der Waals surface area contributed by atoms with Crippen LogP contribution in [0.5, 0.6) is 0 Å². The fourth-order valence-corrected chi connectivity index (χ4v) is 3.77. The van der Waals surface area contributed by atoms with Gasteiger partial charge in [0.05, 0.1) is 5.92 Å². The highest BCUT2D eigenvalue weighted by molar-refractivity contribution is 6.03. The minimum atomic E-state index is -0.508. The van der Waals surface area contributed by atoms with Crippen molar-refractivity contribution in [3.05, 3.63) is 53.8 Å². The third-order valence-electron chi connectivity index (χ3n) is 5.48. The molecule has 2 aromatic rings. The second kappa shape index (κ2) is 7.66. The van der Waals surface area contributed by atoms with Crippen LogP contribution in [0.25, 0.3) is 0 Å². The van der Waals surface area contributed by atoms with Crippen LogP contribution in [0, 0.1) is 18.7 Å². The van der Waals surface area contributed by atoms with Gasteiger partial charge in [-0.3, -0.25) is 14.4 Å². The summed E-state index contributed by atoms with van der Waals surface area (Å²) in [6.07, 6.45) is 1.51. The van der Waals surface area contributed by atoms with E-state index in [0.717, 1.165) is 12.1 Å². The Balaban J connectivity index is 1.40. The van der Waals surface area contributed by atoms with Crippen LogP contribution in [0.4, 0.5) is 21.5 Å². The van der Waals surface area contributed by atoms with Crippen LogP contribution in [0.15, 0.2) is 42.5 Å². The number of aryl methyl sites for hydroxylation is 1. The fraction of sp³-hybridized carbons (Fsp3) is 0.318. The lowest BCUT2D eigenvalue weighted by atomic mass is 10.1. The van der Waals surface area contributed by atoms with Gasteiger partial charge in [-0.15, -0.1) is 0 Å². The minimum Gasteiger partial charge on any atom is -0.326 e. The molecule has 7 heteroatoms. The monoisotopic (exact) mass is 395 g/mol. The normalized spacial score (nSPS) is 19.2. The van der Waals surface area contributed by atoms with Crippen LogP contribution in [-0.4, -0.2) is 30.8 Å². The Bertz CT molecular complexity index is 974. The maximum atomic E-state index is 13.8. The van der Waals surface area contributed by atoms with E-state index in [1.165, 1.54) is 11.0 Å². The van der Waals surface area contributed by atoms with Crippen LogP contribution in [0.2, 0.25) is 0 Å². The topological polar surface area (TPSA) is 69.7 Å². The summed E-state index contributed by atoms with van der Waals surface area (Å²) in [7, 11) is 0. The number of amides is 3. The van der Waals surface area contributed by atoms with Crippen LogP contribution >= 0.6 is 0 Å². The molecule has 2 heterocycles. The summed E-state index contributed by atoms with van der Waals surface area (Å²) in [6.45, 7) is 2.59. The second-order valence-corrected chi connectivity index (χ2v) is 7.52. The van der Waals surface area contributed by atoms with E-state index in [-0.39, 0.29) is 36.5 Å². The van der Waals surface area contributed by atoms with Crippen molar-refractivity contribution in [2.45, 2.75) is 26.2 Å². The summed E-state index contributed by atoms with van der Waals surface area (Å²) < 4.78 is 13.8. The molecule has 1 atom stereocenters. The number of nitrogens with one attached hydrogen (secondary N) is 1. The smallest absolute Gasteiger partial charge is 0.229 e. The SMILES string of the molecule is Cc1ccc(N2CC(C(=O)Nc3ccc(N4CCCC4=O)cc3)CC2=O)cc1F. The second-order valence-electron chi connectivity index (χ2n) is 7.52. The number of benzene rings is 2. The minimum absolute atomic E-state index is 0.0850. The highest BCUT2D eigenvalue weighted by Gasteiger charge is 2.35. The van der Waals surface area contributed by atoms with E-state index in [1.807, 2.05) is 0 Å². The average molecular weight is 395 g/mol. The summed E-state index contributed by atoms with van der Waals surface area (Å²) in [5, 5.41) is 2.83. The van der Waals surface area contributed by atoms with E-state index in [1.54, 1.807) is 48.2 Å². The van der Waals surface area contributed by atoms with Crippen LogP contribution in [0.3, 0.4) is 0 Å². The molecule has 29 heavy (non-hydrogen) atoms. The predicted molar refractivity (Wildman–Crippen MR) is 108 cm³/mol. The van der Waals surface area contributed by atoms with Crippen molar-refractivity contribution < 1.29 is 18.8 Å². The quantitative estimate of drug-likeness (QED) is 0.864. The lowest BCUT2D eigenvalue weighted by Crippen LogP contribution is -2.28. The molecule has 2 fully saturated rings. The van der Waals surface area contributed by atoms with Gasteiger partial charge in [0, 0.05) is 43.0 Å². The van der Waals surface area contributed by atoms with Crippen molar-refractivity contribution in [2.75, 3.05) is 28.2 Å². The van der Waals surface area contributed by atoms with Gasteiger partial charge in [0.25, 0.3) is 0 Å². The molecule has 6 nitrogen and oxygen atoms in total. The van der Waals surface area contributed by atoms with E-state index in [4.69, 9.17) is 0 Å². The summed E-state index contributed by atoms with van der Waals surface area (Å²) in [6, 6.07) is 11.8. The highest BCUT2D eigenvalue weighted by Crippen LogP contribution is 2.28. The molecule has 0 radical (unpaired) electrons. The molecule has 2 aromatic carbocycles. The van der Waals surface area contributed by atoms with Gasteiger partial charge in [-0.2, -0.15) is 0 Å². The average Bonchev–Trinajstić information content (AvgIpc) is 3.30. The van der Waals surface area contributed by atoms with E-state index in [9.17, 15) is 18.8 Å². The zero-order valence-corrected chi connectivity index (χ0v) is 16.2. The Kier molecular flexibility index (Phi) is 5.05. The van der Waals surface area contributed by atoms with Crippen LogP contribution in [-0.2, 0) is 14.4 Å². The van der Waals surface area contributed by atoms with Gasteiger partial charge in [0.15, 0.2) is 0 Å². The number of halogens is 1. The third kappa shape index (κ3) is 3.85. The molecule has 0 bridgehead atoms. The molecule has 2 saturated heterocycles. The standard InChI is InChI=1S/C22H22FN3O3/c1-14-4-7-18(12-19(14)23)26-13-15(11-21(26)28)22(29)24-16-5-8-17(9-6-16)25-10-2-3-20(25)27/h4-9,12,15H,2-3,10-11,13H2,1H3,(H,24,29). The maximum Gasteiger partial charge on any atom is 0.229 e. The molecular formula is C22H22FN3O3. The third-order valence-corrected chi connectivity index (χ3v) is 5.48. The van der Waals surface area contributed by atoms with Gasteiger partial charge in [0.2, 0.25) is 17.7 Å². The lowest BCUT2D eigenvalue weighted by Gasteiger charge is -2.18. The molecule has 0 aromatic heterocycles. The largest absolute Gasteiger partial charge is 0.326 e. The number of carbonyl (C=O) groups excluding carboxylic acids is 3. The fourth-order valence-electron chi connectivity index (χ4n) is 3.77. The van der Waals surface area contributed by atoms with Crippen molar-refractivity contribution in [1.29, 1.82) is 0 Å². The van der Waals surface area contributed by atoms with Crippen molar-refractivity contribution in [3.63, 3.8) is 0 Å². The summed E-state index contributed by atoms with van der Waals surface area (Å²) in [5.74, 6) is -1.22. The lowest BCUT2D eigenvalue weighted by molar-refractivity contribution is -0.122. The molecule has 0 spiro atoms. The predicted octanol–water partition coefficient (Wildman–Crippen LogP) is 3.25. The van der Waals surface area contributed by atoms with Crippen molar-refractivity contribution >= 4 is 34.8 Å². The molecular weight excluding hydrogens is 373 g/mol. The molecule has 0 aliphatic carbocycles. The summed E-state index contributed by atoms with van der Waals surface area (Å²) in [4.78, 5) is 40.0. The molecule has 1 N–H and O–H groups in total. The first-order chi connectivity index (χ1) is 13.9. The Labute approximate surface area is 168 Å². The maximum absolute atomic E-state index is 13.8. The van der Waals surface area contributed by atoms with Crippen LogP contribution < -0.4 is 15.1 Å². The van der Waals surface area contributed by atoms with Crippen LogP contribution in [0.1, 0.15) is 24.8 Å². The molecule has 2 aliphatic heterocycles. The first-order valence-corrected chi connectivity index (χ1v) is 9.70. The van der Waals surface area contributed by atoms with Gasteiger partial charge in [-0.05, 0) is 55.3 Å². The van der Waals surface area contributed by atoms with Gasteiger partial charge >= 0.3 is 0 Å². The van der Waals surface area contributed by atoms with Gasteiger partial charge in [-0.1, -0.05) is 6.07 Å². The summed E-state index contributed by atoms with van der Waals surface area (Å²) in [5.41, 5.74) is 2.40. The number of rotatable bonds is 4. The zero-order valence-electron chi connectivity index (χ0n) is 16.2. The first-order valence-electron chi connectivity index (χ1n) is 9.70. The number of anilines is 3. The molecule has 3 amide bonds. The molecule has 4 rings (SSSR count). The highest BCUT2D eigenvalue weighted by atomic mass is 19.1. The van der Waals surface area contributed by atoms with Gasteiger partial charge in [0.1, 0.15) is 5.82 Å². The van der Waals surface area contributed by atoms with Crippen molar-refractivity contribution in [2.24, 2.45) is 5.92 Å². The summed E-state index contributed by atoms with van der Waals surface area (Å²) >= 11 is 0. The Morgan fingerprint density at radius 3 is 2.41 bits per heavy atom. The molecule has 0 saturated carbocycles. The van der Waals surface area contributed by atoms with E-state index in [0.29, 0.717) is 29.9 Å². The molecule has 1 unspecified atom stereocenters. The van der Waals surface area contributed by atoms with E-state index >= 15 is 0 Å². The van der Waals surface area contributed by atoms with Crippen molar-refractivity contribution in [3.8, 4) is 0 Å². The number of hydrogen-bond donors (Lipinski definition) is 1. The van der Waals surface area contributed by atoms with Gasteiger partial charge in [-0.25, -0.2) is 4.39 Å². The van der Waals surface area contributed by atoms with Crippen molar-refractivity contribution in [1.82, 2.24) is 0 Å². The molecule has 150 valence electrons. The first kappa shape index (κ1) is 19.1. The number of nitrogens with zero attached hydrogens (tertiary/aromatic N) is 2. The molecule has 2 aliphatic rings. The Morgan fingerprint density at radius 1 is 1.03 bits per heavy atom. The van der Waals surface area contributed by atoms with E-state index in [2.05, 4.69) is 5.32 Å². The Hall–Kier alpha value is -3.22. The number of carbonyl (C=O) groups is 3. The number of hydrogen-bond acceptors (Lipinski definition) is 3.